The molecule has 2 rings (SSSR count). The third-order valence-electron chi connectivity index (χ3n) is 2.83. The van der Waals surface area contributed by atoms with Crippen molar-refractivity contribution in [3.8, 4) is 11.5 Å². The first-order valence-electron chi connectivity index (χ1n) is 6.03. The van der Waals surface area contributed by atoms with E-state index in [1.165, 1.54) is 11.7 Å². The van der Waals surface area contributed by atoms with Crippen molar-refractivity contribution in [2.24, 2.45) is 0 Å². The molecule has 1 heterocycles. The lowest BCUT2D eigenvalue weighted by Crippen LogP contribution is -2.22. The first-order chi connectivity index (χ1) is 9.30. The topological polar surface area (TPSA) is 56.3 Å². The largest absolute Gasteiger partial charge is 0.497 e. The molecule has 1 atom stereocenters. The van der Waals surface area contributed by atoms with Crippen LogP contribution in [0.4, 0.5) is 0 Å². The van der Waals surface area contributed by atoms with Crippen LogP contribution in [0.3, 0.4) is 0 Å². The van der Waals surface area contributed by atoms with Gasteiger partial charge in [-0.2, -0.15) is 8.75 Å². The first kappa shape index (κ1) is 13.8. The average Bonchev–Trinajstić information content (AvgIpc) is 2.98. The van der Waals surface area contributed by atoms with Crippen molar-refractivity contribution in [3.05, 3.63) is 35.7 Å². The lowest BCUT2D eigenvalue weighted by Gasteiger charge is -2.19. The second kappa shape index (κ2) is 6.49. The van der Waals surface area contributed by atoms with Crippen LogP contribution >= 0.6 is 11.7 Å². The van der Waals surface area contributed by atoms with Gasteiger partial charge in [-0.1, -0.05) is 6.92 Å². The fraction of sp³-hybridized carbons (Fsp3) is 0.385. The van der Waals surface area contributed by atoms with Crippen molar-refractivity contribution >= 4 is 11.7 Å². The molecule has 0 radical (unpaired) electrons. The summed E-state index contributed by atoms with van der Waals surface area (Å²) in [6.45, 7) is 2.88. The van der Waals surface area contributed by atoms with Gasteiger partial charge in [-0.3, -0.25) is 0 Å². The van der Waals surface area contributed by atoms with Crippen molar-refractivity contribution in [1.29, 1.82) is 0 Å². The van der Waals surface area contributed by atoms with Crippen molar-refractivity contribution in [1.82, 2.24) is 14.1 Å². The molecule has 6 heteroatoms. The highest BCUT2D eigenvalue weighted by Gasteiger charge is 2.20. The zero-order valence-electron chi connectivity index (χ0n) is 11.2. The highest BCUT2D eigenvalue weighted by Crippen LogP contribution is 2.32. The molecular weight excluding hydrogens is 262 g/mol. The molecule has 102 valence electrons. The number of nitrogens with one attached hydrogen (secondary N) is 1. The summed E-state index contributed by atoms with van der Waals surface area (Å²) in [6, 6.07) is 5.70. The van der Waals surface area contributed by atoms with Gasteiger partial charge in [-0.05, 0) is 24.7 Å². The number of nitrogens with zero attached hydrogens (tertiary/aromatic N) is 2. The molecule has 1 unspecified atom stereocenters. The van der Waals surface area contributed by atoms with E-state index in [0.717, 1.165) is 29.3 Å². The lowest BCUT2D eigenvalue weighted by molar-refractivity contribution is 0.393. The number of ether oxygens (including phenoxy) is 2. The second-order valence-corrected chi connectivity index (χ2v) is 4.49. The number of hydrogen-bond donors (Lipinski definition) is 1. The molecule has 1 N–H and O–H groups in total. The van der Waals surface area contributed by atoms with Crippen LogP contribution < -0.4 is 14.8 Å². The van der Waals surface area contributed by atoms with E-state index in [9.17, 15) is 0 Å². The van der Waals surface area contributed by atoms with E-state index in [1.807, 2.05) is 18.2 Å². The summed E-state index contributed by atoms with van der Waals surface area (Å²) in [5.74, 6) is 1.60. The summed E-state index contributed by atoms with van der Waals surface area (Å²) in [6.07, 6.45) is 1.77. The molecule has 0 spiro atoms. The number of aromatic nitrogens is 2. The maximum atomic E-state index is 5.43. The summed E-state index contributed by atoms with van der Waals surface area (Å²) >= 11 is 1.20. The van der Waals surface area contributed by atoms with Crippen molar-refractivity contribution < 1.29 is 9.47 Å². The molecule has 5 nitrogen and oxygen atoms in total. The van der Waals surface area contributed by atoms with E-state index in [2.05, 4.69) is 21.0 Å². The maximum Gasteiger partial charge on any atom is 0.124 e. The summed E-state index contributed by atoms with van der Waals surface area (Å²) < 4.78 is 19.1. The lowest BCUT2D eigenvalue weighted by atomic mass is 10.0. The third kappa shape index (κ3) is 3.02. The Bertz CT molecular complexity index is 517. The molecule has 0 aliphatic heterocycles. The molecular formula is C13H17N3O2S. The SMILES string of the molecule is CCNC(c1cnsn1)c1cc(OC)ccc1OC. The molecule has 0 bridgehead atoms. The van der Waals surface area contributed by atoms with Gasteiger partial charge in [-0.25, -0.2) is 0 Å². The molecule has 0 amide bonds. The Hall–Kier alpha value is -1.66. The van der Waals surface area contributed by atoms with Gasteiger partial charge in [0.25, 0.3) is 0 Å². The molecule has 19 heavy (non-hydrogen) atoms. The van der Waals surface area contributed by atoms with Gasteiger partial charge in [0.1, 0.15) is 11.5 Å². The van der Waals surface area contributed by atoms with Gasteiger partial charge in [0, 0.05) is 5.56 Å². The Kier molecular flexibility index (Phi) is 4.70. The van der Waals surface area contributed by atoms with Crippen LogP contribution in [0.1, 0.15) is 24.2 Å². The Balaban J connectivity index is 2.45. The van der Waals surface area contributed by atoms with Gasteiger partial charge in [0.15, 0.2) is 0 Å². The van der Waals surface area contributed by atoms with E-state index < -0.39 is 0 Å². The molecule has 1 aromatic heterocycles. The summed E-state index contributed by atoms with van der Waals surface area (Å²) in [4.78, 5) is 0. The van der Waals surface area contributed by atoms with Crippen molar-refractivity contribution in [2.75, 3.05) is 20.8 Å². The normalized spacial score (nSPS) is 12.2. The van der Waals surface area contributed by atoms with Gasteiger partial charge < -0.3 is 14.8 Å². The Morgan fingerprint density at radius 3 is 2.74 bits per heavy atom. The van der Waals surface area contributed by atoms with E-state index in [1.54, 1.807) is 20.4 Å². The maximum absolute atomic E-state index is 5.43. The van der Waals surface area contributed by atoms with Crippen LogP contribution in [0.15, 0.2) is 24.4 Å². The van der Waals surface area contributed by atoms with Crippen LogP contribution in [0, 0.1) is 0 Å². The third-order valence-corrected chi connectivity index (χ3v) is 3.32. The Morgan fingerprint density at radius 1 is 1.32 bits per heavy atom. The van der Waals surface area contributed by atoms with E-state index in [0.29, 0.717) is 0 Å². The summed E-state index contributed by atoms with van der Waals surface area (Å²) in [5, 5.41) is 3.40. The van der Waals surface area contributed by atoms with Gasteiger partial charge in [-0.15, -0.1) is 0 Å². The number of rotatable bonds is 6. The molecule has 0 aliphatic rings. The standard InChI is InChI=1S/C13H17N3O2S/c1-4-14-13(11-8-15-19-16-11)10-7-9(17-2)5-6-12(10)18-3/h5-8,13-14H,4H2,1-3H3. The Morgan fingerprint density at radius 2 is 2.16 bits per heavy atom. The Labute approximate surface area is 116 Å². The van der Waals surface area contributed by atoms with Gasteiger partial charge >= 0.3 is 0 Å². The number of benzene rings is 1. The summed E-state index contributed by atoms with van der Waals surface area (Å²) in [5.41, 5.74) is 1.88. The van der Waals surface area contributed by atoms with Gasteiger partial charge in [0.2, 0.25) is 0 Å². The average molecular weight is 279 g/mol. The molecule has 1 aromatic carbocycles. The zero-order valence-corrected chi connectivity index (χ0v) is 12.0. The van der Waals surface area contributed by atoms with Crippen LogP contribution in [-0.4, -0.2) is 29.5 Å². The fourth-order valence-electron chi connectivity index (χ4n) is 1.94. The number of hydrogen-bond acceptors (Lipinski definition) is 6. The van der Waals surface area contributed by atoms with Crippen LogP contribution in [0.2, 0.25) is 0 Å². The summed E-state index contributed by atoms with van der Waals surface area (Å²) in [7, 11) is 3.31. The predicted molar refractivity (Wildman–Crippen MR) is 75.0 cm³/mol. The highest BCUT2D eigenvalue weighted by molar-refractivity contribution is 6.99. The van der Waals surface area contributed by atoms with Crippen molar-refractivity contribution in [2.45, 2.75) is 13.0 Å². The quantitative estimate of drug-likeness (QED) is 0.879. The van der Waals surface area contributed by atoms with Crippen molar-refractivity contribution in [3.63, 3.8) is 0 Å². The minimum Gasteiger partial charge on any atom is -0.497 e. The predicted octanol–water partition coefficient (Wildman–Crippen LogP) is 2.25. The smallest absolute Gasteiger partial charge is 0.124 e. The minimum atomic E-state index is -0.0474. The van der Waals surface area contributed by atoms with Crippen LogP contribution in [0.25, 0.3) is 0 Å². The molecule has 0 saturated carbocycles. The molecule has 2 aromatic rings. The molecule has 0 aliphatic carbocycles. The number of methoxy groups -OCH3 is 2. The van der Waals surface area contributed by atoms with E-state index in [-0.39, 0.29) is 6.04 Å². The highest BCUT2D eigenvalue weighted by atomic mass is 32.1. The zero-order chi connectivity index (χ0) is 13.7. The fourth-order valence-corrected chi connectivity index (χ4v) is 2.39. The second-order valence-electron chi connectivity index (χ2n) is 3.93. The van der Waals surface area contributed by atoms with Crippen LogP contribution in [0.5, 0.6) is 11.5 Å². The minimum absolute atomic E-state index is 0.0474. The van der Waals surface area contributed by atoms with E-state index >= 15 is 0 Å². The van der Waals surface area contributed by atoms with Gasteiger partial charge in [0.05, 0.1) is 43.9 Å². The monoisotopic (exact) mass is 279 g/mol. The van der Waals surface area contributed by atoms with E-state index in [4.69, 9.17) is 9.47 Å². The molecule has 0 fully saturated rings. The van der Waals surface area contributed by atoms with Crippen LogP contribution in [-0.2, 0) is 0 Å². The first-order valence-corrected chi connectivity index (χ1v) is 6.76. The molecule has 0 saturated heterocycles.